The van der Waals surface area contributed by atoms with Crippen LogP contribution in [0.15, 0.2) is 36.4 Å². The summed E-state index contributed by atoms with van der Waals surface area (Å²) in [6, 6.07) is 13.7. The van der Waals surface area contributed by atoms with Gasteiger partial charge in [-0.25, -0.2) is 4.67 Å². The molecule has 2 spiro atoms. The zero-order valence-electron chi connectivity index (χ0n) is 16.0. The molecule has 2 heterocycles. The van der Waals surface area contributed by atoms with E-state index in [0.29, 0.717) is 5.41 Å². The van der Waals surface area contributed by atoms with Gasteiger partial charge in [0.25, 0.3) is 0 Å². The van der Waals surface area contributed by atoms with Crippen LogP contribution < -0.4 is 9.05 Å². The van der Waals surface area contributed by atoms with Crippen molar-refractivity contribution in [3.05, 3.63) is 58.7 Å². The minimum Gasteiger partial charge on any atom is -0.427 e. The fourth-order valence-corrected chi connectivity index (χ4v) is 9.53. The van der Waals surface area contributed by atoms with Gasteiger partial charge in [-0.2, -0.15) is 0 Å². The third-order valence-corrected chi connectivity index (χ3v) is 10.4. The second-order valence-electron chi connectivity index (χ2n) is 9.84. The molecule has 6 aliphatic rings. The zero-order chi connectivity index (χ0) is 18.1. The van der Waals surface area contributed by atoms with Gasteiger partial charge in [-0.3, -0.25) is 0 Å². The summed E-state index contributed by atoms with van der Waals surface area (Å²) in [7, 11) is -1.08. The van der Waals surface area contributed by atoms with Crippen LogP contribution in [0.1, 0.15) is 47.9 Å². The van der Waals surface area contributed by atoms with Gasteiger partial charge >= 0.3 is 8.53 Å². The average molecular weight is 389 g/mol. The van der Waals surface area contributed by atoms with Gasteiger partial charge in [0.05, 0.1) is 0 Å². The summed E-state index contributed by atoms with van der Waals surface area (Å²) >= 11 is 0. The lowest BCUT2D eigenvalue weighted by Crippen LogP contribution is -2.37. The summed E-state index contributed by atoms with van der Waals surface area (Å²) in [5, 5.41) is 0. The van der Waals surface area contributed by atoms with Crippen LogP contribution in [0.3, 0.4) is 0 Å². The molecule has 0 N–H and O–H groups in total. The van der Waals surface area contributed by atoms with Crippen molar-refractivity contribution in [1.82, 2.24) is 4.67 Å². The molecule has 3 fully saturated rings. The first kappa shape index (κ1) is 15.3. The monoisotopic (exact) mass is 389 g/mol. The number of hydrogen-bond donors (Lipinski definition) is 0. The maximum Gasteiger partial charge on any atom is 0.384 e. The van der Waals surface area contributed by atoms with Crippen LogP contribution in [0.4, 0.5) is 0 Å². The van der Waals surface area contributed by atoms with E-state index in [4.69, 9.17) is 9.05 Å². The van der Waals surface area contributed by atoms with E-state index in [2.05, 4.69) is 41.1 Å². The normalized spacial score (nSPS) is 40.8. The minimum atomic E-state index is -1.08. The zero-order valence-corrected chi connectivity index (χ0v) is 16.9. The number of nitrogens with zero attached hydrogens (tertiary/aromatic N) is 1. The van der Waals surface area contributed by atoms with Crippen LogP contribution in [-0.2, 0) is 18.3 Å². The topological polar surface area (TPSA) is 21.7 Å². The van der Waals surface area contributed by atoms with Crippen molar-refractivity contribution in [3.63, 3.8) is 0 Å². The number of hydrogen-bond acceptors (Lipinski definition) is 3. The standard InChI is InChI=1S/C24H24NO2P/c1-2-10-25(9-1)28-26-19-7-3-5-15-11-17-12-18-14-23(18)13-16-6-4-8-20(27-28)22(16)24(17,23)21(15)19/h3-8,17-18H,1-2,9-14H2/t17-,18?,23?,24+,28?/m0/s1. The first-order chi connectivity index (χ1) is 13.8. The summed E-state index contributed by atoms with van der Waals surface area (Å²) < 4.78 is 16.0. The summed E-state index contributed by atoms with van der Waals surface area (Å²) in [6.07, 6.45) is 7.76. The van der Waals surface area contributed by atoms with Crippen molar-refractivity contribution >= 4 is 8.53 Å². The molecule has 3 unspecified atom stereocenters. The van der Waals surface area contributed by atoms with Gasteiger partial charge in [0.15, 0.2) is 0 Å². The SMILES string of the molecule is c1cc2c3c(c1)OP(N1CCCC1)Oc1cccc4c1[C@@]31[C@@H](C2)CC2CC21C4. The predicted octanol–water partition coefficient (Wildman–Crippen LogP) is 5.21. The third-order valence-electron chi connectivity index (χ3n) is 8.85. The maximum atomic E-state index is 6.78. The molecule has 8 rings (SSSR count). The van der Waals surface area contributed by atoms with Gasteiger partial charge in [0, 0.05) is 29.6 Å². The van der Waals surface area contributed by atoms with Crippen molar-refractivity contribution in [3.8, 4) is 11.5 Å². The van der Waals surface area contributed by atoms with E-state index >= 15 is 0 Å². The maximum absolute atomic E-state index is 6.78. The molecule has 1 saturated heterocycles. The van der Waals surface area contributed by atoms with Crippen LogP contribution in [0, 0.1) is 17.3 Å². The highest BCUT2D eigenvalue weighted by atomic mass is 31.2. The van der Waals surface area contributed by atoms with E-state index in [1.807, 2.05) is 0 Å². The molecule has 0 radical (unpaired) electrons. The Kier molecular flexibility index (Phi) is 2.60. The molecule has 3 nitrogen and oxygen atoms in total. The second kappa shape index (κ2) is 4.77. The molecule has 0 amide bonds. The minimum absolute atomic E-state index is 0.155. The Morgan fingerprint density at radius 3 is 2.39 bits per heavy atom. The highest BCUT2D eigenvalue weighted by Gasteiger charge is 2.80. The second-order valence-corrected chi connectivity index (χ2v) is 11.2. The van der Waals surface area contributed by atoms with Gasteiger partial charge in [-0.15, -0.1) is 0 Å². The van der Waals surface area contributed by atoms with E-state index in [9.17, 15) is 0 Å². The van der Waals surface area contributed by atoms with Crippen molar-refractivity contribution in [2.24, 2.45) is 17.3 Å². The van der Waals surface area contributed by atoms with E-state index in [1.165, 1.54) is 38.5 Å². The molecule has 142 valence electrons. The van der Waals surface area contributed by atoms with E-state index in [0.717, 1.165) is 36.4 Å². The molecule has 2 saturated carbocycles. The lowest BCUT2D eigenvalue weighted by molar-refractivity contribution is 0.269. The van der Waals surface area contributed by atoms with Gasteiger partial charge < -0.3 is 9.05 Å². The Morgan fingerprint density at radius 1 is 0.893 bits per heavy atom. The average Bonchev–Trinajstić information content (AvgIpc) is 3.10. The molecule has 2 aromatic rings. The molecule has 4 aliphatic carbocycles. The van der Waals surface area contributed by atoms with E-state index in [1.54, 1.807) is 22.3 Å². The van der Waals surface area contributed by atoms with E-state index in [-0.39, 0.29) is 5.41 Å². The summed E-state index contributed by atoms with van der Waals surface area (Å²) in [4.78, 5) is 0. The van der Waals surface area contributed by atoms with Gasteiger partial charge in [-0.05, 0) is 79.0 Å². The quantitative estimate of drug-likeness (QED) is 0.626. The van der Waals surface area contributed by atoms with Crippen LogP contribution in [0.2, 0.25) is 0 Å². The largest absolute Gasteiger partial charge is 0.427 e. The molecule has 2 aromatic carbocycles. The van der Waals surface area contributed by atoms with Gasteiger partial charge in [0.2, 0.25) is 0 Å². The predicted molar refractivity (Wildman–Crippen MR) is 109 cm³/mol. The lowest BCUT2D eigenvalue weighted by Gasteiger charge is -2.40. The summed E-state index contributed by atoms with van der Waals surface area (Å²) in [6.45, 7) is 2.19. The number of benzene rings is 2. The Bertz CT molecular complexity index is 1020. The number of rotatable bonds is 1. The molecular weight excluding hydrogens is 365 g/mol. The smallest absolute Gasteiger partial charge is 0.384 e. The van der Waals surface area contributed by atoms with E-state index < -0.39 is 8.53 Å². The Hall–Kier alpha value is -1.57. The molecule has 28 heavy (non-hydrogen) atoms. The van der Waals surface area contributed by atoms with Crippen LogP contribution >= 0.6 is 8.53 Å². The van der Waals surface area contributed by atoms with Gasteiger partial charge in [0.1, 0.15) is 11.5 Å². The lowest BCUT2D eigenvalue weighted by atomic mass is 9.65. The van der Waals surface area contributed by atoms with Gasteiger partial charge in [-0.1, -0.05) is 24.3 Å². The molecule has 4 heteroatoms. The van der Waals surface area contributed by atoms with Crippen molar-refractivity contribution < 1.29 is 9.05 Å². The van der Waals surface area contributed by atoms with Crippen molar-refractivity contribution in [2.45, 2.75) is 43.9 Å². The molecule has 2 aliphatic heterocycles. The van der Waals surface area contributed by atoms with Crippen LogP contribution in [0.5, 0.6) is 11.5 Å². The van der Waals surface area contributed by atoms with Crippen LogP contribution in [-0.4, -0.2) is 17.8 Å². The van der Waals surface area contributed by atoms with Crippen molar-refractivity contribution in [2.75, 3.05) is 13.1 Å². The van der Waals surface area contributed by atoms with Crippen molar-refractivity contribution in [1.29, 1.82) is 0 Å². The molecular formula is C24H24NO2P. The summed E-state index contributed by atoms with van der Waals surface area (Å²) in [5.41, 5.74) is 6.82. The fourth-order valence-electron chi connectivity index (χ4n) is 8.01. The third kappa shape index (κ3) is 1.50. The first-order valence-corrected chi connectivity index (χ1v) is 12.1. The Morgan fingerprint density at radius 2 is 1.61 bits per heavy atom. The first-order valence-electron chi connectivity index (χ1n) is 11.0. The fraction of sp³-hybridized carbons (Fsp3) is 0.500. The Labute approximate surface area is 167 Å². The van der Waals surface area contributed by atoms with Crippen LogP contribution in [0.25, 0.3) is 0 Å². The highest BCUT2D eigenvalue weighted by Crippen LogP contribution is 2.84. The molecule has 0 bridgehead atoms. The molecule has 5 atom stereocenters. The Balaban J connectivity index is 1.44. The summed E-state index contributed by atoms with van der Waals surface area (Å²) in [5.74, 6) is 3.89. The molecule has 0 aromatic heterocycles. The highest BCUT2D eigenvalue weighted by molar-refractivity contribution is 7.45.